The van der Waals surface area contributed by atoms with E-state index in [9.17, 15) is 15.0 Å². The maximum Gasteiger partial charge on any atom is 0.256 e. The van der Waals surface area contributed by atoms with E-state index in [1.54, 1.807) is 0 Å². The second-order valence-corrected chi connectivity index (χ2v) is 10.5. The highest BCUT2D eigenvalue weighted by atomic mass is 35.5. The molecule has 0 aliphatic rings. The van der Waals surface area contributed by atoms with Crippen LogP contribution in [-0.2, 0) is 4.79 Å². The summed E-state index contributed by atoms with van der Waals surface area (Å²) in [6.45, 7) is 4.81. The molecule has 192 valence electrons. The Morgan fingerprint density at radius 3 is 1.25 bits per heavy atom. The van der Waals surface area contributed by atoms with Crippen LogP contribution >= 0.6 is 23.2 Å². The van der Waals surface area contributed by atoms with Crippen molar-refractivity contribution in [3.8, 4) is 0 Å². The van der Waals surface area contributed by atoms with Crippen molar-refractivity contribution in [3.05, 3.63) is 0 Å². The van der Waals surface area contributed by atoms with Crippen molar-refractivity contribution >= 4 is 29.1 Å². The average molecular weight is 497 g/mol. The van der Waals surface area contributed by atoms with E-state index in [1.165, 1.54) is 81.9 Å². The third-order valence-electron chi connectivity index (χ3n) is 6.14. The fourth-order valence-electron chi connectivity index (χ4n) is 4.11. The molecule has 2 atom stereocenters. The van der Waals surface area contributed by atoms with Crippen LogP contribution in [0.25, 0.3) is 0 Å². The summed E-state index contributed by atoms with van der Waals surface area (Å²) < 4.78 is 0. The van der Waals surface area contributed by atoms with Gasteiger partial charge in [0.05, 0.1) is 12.2 Å². The van der Waals surface area contributed by atoms with Gasteiger partial charge in [0.25, 0.3) is 5.91 Å². The Bertz CT molecular complexity index is 396. The minimum atomic E-state index is -1.17. The number of aliphatic hydroxyl groups excluding tert-OH is 2. The molecule has 0 aliphatic heterocycles. The molecule has 0 aromatic carbocycles. The molecular weight excluding hydrogens is 445 g/mol. The number of alkyl halides is 2. The molecule has 6 heteroatoms. The van der Waals surface area contributed by atoms with Crippen molar-refractivity contribution in [1.82, 2.24) is 4.90 Å². The molecule has 0 aromatic rings. The Labute approximate surface area is 208 Å². The zero-order valence-corrected chi connectivity index (χ0v) is 22.4. The number of unbranched alkanes of at least 4 members (excludes halogenated alkanes) is 14. The van der Waals surface area contributed by atoms with Gasteiger partial charge in [0.1, 0.15) is 0 Å². The van der Waals surface area contributed by atoms with Crippen LogP contribution in [0.15, 0.2) is 0 Å². The summed E-state index contributed by atoms with van der Waals surface area (Å²) in [5.74, 6) is -0.432. The minimum Gasteiger partial charge on any atom is -0.391 e. The van der Waals surface area contributed by atoms with Crippen molar-refractivity contribution in [2.24, 2.45) is 0 Å². The first-order valence-electron chi connectivity index (χ1n) is 13.3. The molecule has 0 aliphatic carbocycles. The number of amides is 1. The molecule has 0 radical (unpaired) electrons. The summed E-state index contributed by atoms with van der Waals surface area (Å²) in [6, 6.07) is 0. The van der Waals surface area contributed by atoms with E-state index in [-0.39, 0.29) is 13.1 Å². The highest BCUT2D eigenvalue weighted by molar-refractivity contribution is 6.53. The number of hydrogen-bond donors (Lipinski definition) is 2. The zero-order valence-electron chi connectivity index (χ0n) is 20.9. The standard InChI is InChI=1S/C26H51Cl2NO3/c1-3-5-7-9-11-13-15-17-19-23(30)21-29(26(32)25(27)28)22-24(31)20-18-16-14-12-10-8-6-4-2/h23-25,30-31H,3-22H2,1-2H3. The summed E-state index contributed by atoms with van der Waals surface area (Å²) in [4.78, 5) is 12.6. The Morgan fingerprint density at radius 2 is 0.938 bits per heavy atom. The second-order valence-electron chi connectivity index (χ2n) is 9.38. The molecule has 0 rings (SSSR count). The van der Waals surface area contributed by atoms with E-state index in [0.717, 1.165) is 25.7 Å². The Hall–Kier alpha value is -0.0300. The smallest absolute Gasteiger partial charge is 0.256 e. The molecule has 2 unspecified atom stereocenters. The van der Waals surface area contributed by atoms with E-state index in [1.807, 2.05) is 0 Å². The van der Waals surface area contributed by atoms with Crippen molar-refractivity contribution in [2.75, 3.05) is 13.1 Å². The predicted octanol–water partition coefficient (Wildman–Crippen LogP) is 7.40. The molecule has 0 heterocycles. The van der Waals surface area contributed by atoms with E-state index in [0.29, 0.717) is 12.8 Å². The molecule has 0 fully saturated rings. The number of nitrogens with zero attached hydrogens (tertiary/aromatic N) is 1. The van der Waals surface area contributed by atoms with Crippen LogP contribution in [0.3, 0.4) is 0 Å². The number of halogens is 2. The van der Waals surface area contributed by atoms with Crippen molar-refractivity contribution in [1.29, 1.82) is 0 Å². The van der Waals surface area contributed by atoms with Crippen LogP contribution < -0.4 is 0 Å². The monoisotopic (exact) mass is 495 g/mol. The molecular formula is C26H51Cl2NO3. The summed E-state index contributed by atoms with van der Waals surface area (Å²) >= 11 is 11.6. The summed E-state index contributed by atoms with van der Waals surface area (Å²) in [5.41, 5.74) is 0. The number of aliphatic hydroxyl groups is 2. The number of rotatable bonds is 23. The fraction of sp³-hybridized carbons (Fsp3) is 0.962. The number of hydrogen-bond acceptors (Lipinski definition) is 3. The van der Waals surface area contributed by atoms with Gasteiger partial charge in [-0.25, -0.2) is 0 Å². The van der Waals surface area contributed by atoms with Gasteiger partial charge in [-0.1, -0.05) is 140 Å². The average Bonchev–Trinajstić information content (AvgIpc) is 2.76. The first-order valence-corrected chi connectivity index (χ1v) is 14.2. The Balaban J connectivity index is 4.11. The molecule has 2 N–H and O–H groups in total. The lowest BCUT2D eigenvalue weighted by molar-refractivity contribution is -0.132. The second kappa shape index (κ2) is 22.7. The van der Waals surface area contributed by atoms with Gasteiger partial charge in [0.15, 0.2) is 4.84 Å². The van der Waals surface area contributed by atoms with Crippen LogP contribution in [0.2, 0.25) is 0 Å². The summed E-state index contributed by atoms with van der Waals surface area (Å²) in [5, 5.41) is 20.8. The largest absolute Gasteiger partial charge is 0.391 e. The van der Waals surface area contributed by atoms with Gasteiger partial charge in [-0.3, -0.25) is 4.79 Å². The predicted molar refractivity (Wildman–Crippen MR) is 139 cm³/mol. The van der Waals surface area contributed by atoms with Gasteiger partial charge in [-0.05, 0) is 12.8 Å². The van der Waals surface area contributed by atoms with Crippen LogP contribution in [0, 0.1) is 0 Å². The highest BCUT2D eigenvalue weighted by Gasteiger charge is 2.24. The SMILES string of the molecule is CCCCCCCCCCC(O)CN(CC(O)CCCCCCCCCC)C(=O)C(Cl)Cl. The number of carbonyl (C=O) groups excluding carboxylic acids is 1. The molecule has 4 nitrogen and oxygen atoms in total. The fourth-order valence-corrected chi connectivity index (χ4v) is 4.39. The Kier molecular flexibility index (Phi) is 22.7. The Morgan fingerprint density at radius 1 is 0.625 bits per heavy atom. The lowest BCUT2D eigenvalue weighted by Gasteiger charge is -2.28. The van der Waals surface area contributed by atoms with Gasteiger partial charge in [-0.2, -0.15) is 0 Å². The molecule has 0 spiro atoms. The van der Waals surface area contributed by atoms with Crippen LogP contribution in [-0.4, -0.2) is 51.2 Å². The van der Waals surface area contributed by atoms with E-state index in [2.05, 4.69) is 13.8 Å². The molecule has 0 saturated heterocycles. The lowest BCUT2D eigenvalue weighted by atomic mass is 10.0. The van der Waals surface area contributed by atoms with E-state index < -0.39 is 23.0 Å². The van der Waals surface area contributed by atoms with E-state index >= 15 is 0 Å². The van der Waals surface area contributed by atoms with Crippen molar-refractivity contribution in [2.45, 2.75) is 146 Å². The molecule has 1 amide bonds. The summed E-state index contributed by atoms with van der Waals surface area (Å²) in [6.07, 6.45) is 19.5. The quantitative estimate of drug-likeness (QED) is 0.114. The molecule has 32 heavy (non-hydrogen) atoms. The normalized spacial score (nSPS) is 13.5. The topological polar surface area (TPSA) is 60.8 Å². The summed E-state index contributed by atoms with van der Waals surface area (Å²) in [7, 11) is 0. The maximum atomic E-state index is 12.4. The van der Waals surface area contributed by atoms with Gasteiger partial charge in [0, 0.05) is 13.1 Å². The third kappa shape index (κ3) is 19.4. The van der Waals surface area contributed by atoms with E-state index in [4.69, 9.17) is 23.2 Å². The molecule has 0 saturated carbocycles. The van der Waals surface area contributed by atoms with Crippen molar-refractivity contribution < 1.29 is 15.0 Å². The number of carbonyl (C=O) groups is 1. The van der Waals surface area contributed by atoms with Gasteiger partial charge >= 0.3 is 0 Å². The highest BCUT2D eigenvalue weighted by Crippen LogP contribution is 2.15. The van der Waals surface area contributed by atoms with Gasteiger partial charge in [-0.15, -0.1) is 0 Å². The maximum absolute atomic E-state index is 12.4. The van der Waals surface area contributed by atoms with Crippen molar-refractivity contribution in [3.63, 3.8) is 0 Å². The zero-order chi connectivity index (χ0) is 24.0. The minimum absolute atomic E-state index is 0.180. The van der Waals surface area contributed by atoms with Crippen LogP contribution in [0.1, 0.15) is 129 Å². The first kappa shape index (κ1) is 32.0. The van der Waals surface area contributed by atoms with Crippen LogP contribution in [0.4, 0.5) is 0 Å². The van der Waals surface area contributed by atoms with Gasteiger partial charge < -0.3 is 15.1 Å². The molecule has 0 aromatic heterocycles. The lowest BCUT2D eigenvalue weighted by Crippen LogP contribution is -2.44. The van der Waals surface area contributed by atoms with Crippen LogP contribution in [0.5, 0.6) is 0 Å². The third-order valence-corrected chi connectivity index (χ3v) is 6.52. The van der Waals surface area contributed by atoms with Gasteiger partial charge in [0.2, 0.25) is 0 Å². The first-order chi connectivity index (χ1) is 15.4. The molecule has 0 bridgehead atoms.